The van der Waals surface area contributed by atoms with Gasteiger partial charge in [-0.1, -0.05) is 0 Å². The van der Waals surface area contributed by atoms with E-state index in [1.807, 2.05) is 6.07 Å². The van der Waals surface area contributed by atoms with Gasteiger partial charge in [-0.2, -0.15) is 0 Å². The second kappa shape index (κ2) is 5.56. The molecule has 3 N–H and O–H groups in total. The first-order chi connectivity index (χ1) is 10.1. The summed E-state index contributed by atoms with van der Waals surface area (Å²) in [7, 11) is 0. The van der Waals surface area contributed by atoms with E-state index in [1.165, 1.54) is 0 Å². The van der Waals surface area contributed by atoms with Gasteiger partial charge in [0.05, 0.1) is 29.6 Å². The van der Waals surface area contributed by atoms with Crippen molar-refractivity contribution in [1.82, 2.24) is 0 Å². The number of aliphatic hydroxyl groups is 1. The van der Waals surface area contributed by atoms with Crippen molar-refractivity contribution in [3.05, 3.63) is 23.8 Å². The number of nitrogens with zero attached hydrogens (tertiary/aromatic N) is 1. The highest BCUT2D eigenvalue weighted by Gasteiger charge is 2.40. The van der Waals surface area contributed by atoms with Crippen LogP contribution >= 0.6 is 0 Å². The van der Waals surface area contributed by atoms with Crippen LogP contribution in [0.4, 0.5) is 11.4 Å². The molecule has 2 saturated heterocycles. The van der Waals surface area contributed by atoms with Crippen LogP contribution in [0.3, 0.4) is 0 Å². The Balaban J connectivity index is 1.85. The monoisotopic (exact) mass is 290 g/mol. The second-order valence-corrected chi connectivity index (χ2v) is 5.91. The Hall–Kier alpha value is -1.75. The van der Waals surface area contributed by atoms with Gasteiger partial charge in [-0.3, -0.25) is 0 Å². The van der Waals surface area contributed by atoms with E-state index in [1.54, 1.807) is 19.1 Å². The van der Waals surface area contributed by atoms with Crippen LogP contribution in [0.25, 0.3) is 0 Å². The Morgan fingerprint density at radius 2 is 2.05 bits per heavy atom. The van der Waals surface area contributed by atoms with E-state index >= 15 is 0 Å². The predicted octanol–water partition coefficient (Wildman–Crippen LogP) is 1.94. The molecule has 2 unspecified atom stereocenters. The minimum absolute atomic E-state index is 0.196. The maximum Gasteiger partial charge on any atom is 0.338 e. The zero-order chi connectivity index (χ0) is 15.0. The summed E-state index contributed by atoms with van der Waals surface area (Å²) in [6.07, 6.45) is 3.60. The summed E-state index contributed by atoms with van der Waals surface area (Å²) in [5.41, 5.74) is 8.23. The van der Waals surface area contributed by atoms with Crippen LogP contribution in [0.2, 0.25) is 0 Å². The molecule has 0 saturated carbocycles. The standard InChI is InChI=1S/C16H22N2O3/c1-2-21-16(20)10-3-6-15(14(17)7-10)18-11-4-5-12(18)9-13(19)8-11/h3,6-7,11-13,19H,2,4-5,8-9,17H2,1H3. The third-order valence-corrected chi connectivity index (χ3v) is 4.53. The number of hydrogen-bond acceptors (Lipinski definition) is 5. The van der Waals surface area contributed by atoms with Crippen molar-refractivity contribution in [3.63, 3.8) is 0 Å². The van der Waals surface area contributed by atoms with Gasteiger partial charge < -0.3 is 20.5 Å². The van der Waals surface area contributed by atoms with Crippen LogP contribution in [-0.4, -0.2) is 35.9 Å². The van der Waals surface area contributed by atoms with Crippen molar-refractivity contribution in [2.24, 2.45) is 0 Å². The number of nitrogen functional groups attached to an aromatic ring is 1. The zero-order valence-corrected chi connectivity index (χ0v) is 12.3. The Labute approximate surface area is 124 Å². The minimum atomic E-state index is -0.340. The fourth-order valence-corrected chi connectivity index (χ4v) is 3.67. The third-order valence-electron chi connectivity index (χ3n) is 4.53. The topological polar surface area (TPSA) is 75.8 Å². The lowest BCUT2D eigenvalue weighted by molar-refractivity contribution is 0.0526. The number of esters is 1. The number of ether oxygens (including phenoxy) is 1. The summed E-state index contributed by atoms with van der Waals surface area (Å²) in [5.74, 6) is -0.340. The minimum Gasteiger partial charge on any atom is -0.462 e. The van der Waals surface area contributed by atoms with Gasteiger partial charge in [0.2, 0.25) is 0 Å². The molecule has 2 aliphatic rings. The maximum absolute atomic E-state index is 11.7. The quantitative estimate of drug-likeness (QED) is 0.657. The number of fused-ring (bicyclic) bond motifs is 2. The van der Waals surface area contributed by atoms with Gasteiger partial charge in [0.25, 0.3) is 0 Å². The molecule has 2 aliphatic heterocycles. The van der Waals surface area contributed by atoms with E-state index in [9.17, 15) is 9.90 Å². The average Bonchev–Trinajstić information content (AvgIpc) is 2.71. The molecule has 114 valence electrons. The third kappa shape index (κ3) is 2.58. The fraction of sp³-hybridized carbons (Fsp3) is 0.562. The summed E-state index contributed by atoms with van der Waals surface area (Å²) in [6, 6.07) is 6.08. The number of anilines is 2. The van der Waals surface area contributed by atoms with Crippen LogP contribution in [0.1, 0.15) is 43.0 Å². The molecule has 2 fully saturated rings. The van der Waals surface area contributed by atoms with Gasteiger partial charge in [-0.25, -0.2) is 4.79 Å². The molecule has 2 bridgehead atoms. The van der Waals surface area contributed by atoms with E-state index < -0.39 is 0 Å². The summed E-state index contributed by atoms with van der Waals surface area (Å²) < 4.78 is 5.00. The molecule has 21 heavy (non-hydrogen) atoms. The van der Waals surface area contributed by atoms with Crippen LogP contribution in [0.15, 0.2) is 18.2 Å². The molecule has 2 heterocycles. The first-order valence-electron chi connectivity index (χ1n) is 7.63. The molecule has 0 amide bonds. The molecule has 5 heteroatoms. The Morgan fingerprint density at radius 3 is 2.62 bits per heavy atom. The lowest BCUT2D eigenvalue weighted by Crippen LogP contribution is -2.45. The summed E-state index contributed by atoms with van der Waals surface area (Å²) in [6.45, 7) is 2.14. The van der Waals surface area contributed by atoms with Gasteiger partial charge in [-0.05, 0) is 50.8 Å². The molecule has 3 rings (SSSR count). The lowest BCUT2D eigenvalue weighted by atomic mass is 9.98. The number of benzene rings is 1. The fourth-order valence-electron chi connectivity index (χ4n) is 3.67. The van der Waals surface area contributed by atoms with Crippen LogP contribution in [0, 0.1) is 0 Å². The Kier molecular flexibility index (Phi) is 3.76. The molecular weight excluding hydrogens is 268 g/mol. The number of piperidine rings is 1. The number of aliphatic hydroxyl groups excluding tert-OH is 1. The predicted molar refractivity (Wildman–Crippen MR) is 81.3 cm³/mol. The zero-order valence-electron chi connectivity index (χ0n) is 12.3. The van der Waals surface area contributed by atoms with E-state index in [4.69, 9.17) is 10.5 Å². The smallest absolute Gasteiger partial charge is 0.338 e. The van der Waals surface area contributed by atoms with E-state index in [0.29, 0.717) is 29.9 Å². The van der Waals surface area contributed by atoms with Gasteiger partial charge in [0.1, 0.15) is 0 Å². The molecular formula is C16H22N2O3. The van der Waals surface area contributed by atoms with E-state index in [0.717, 1.165) is 31.4 Å². The lowest BCUT2D eigenvalue weighted by Gasteiger charge is -2.39. The Bertz CT molecular complexity index is 532. The van der Waals surface area contributed by atoms with Crippen molar-refractivity contribution in [1.29, 1.82) is 0 Å². The highest BCUT2D eigenvalue weighted by molar-refractivity contribution is 5.92. The number of nitrogens with two attached hydrogens (primary N) is 1. The average molecular weight is 290 g/mol. The highest BCUT2D eigenvalue weighted by atomic mass is 16.5. The molecule has 0 spiro atoms. The highest BCUT2D eigenvalue weighted by Crippen LogP contribution is 2.41. The largest absolute Gasteiger partial charge is 0.462 e. The van der Waals surface area contributed by atoms with Gasteiger partial charge >= 0.3 is 5.97 Å². The molecule has 0 aromatic heterocycles. The number of rotatable bonds is 3. The van der Waals surface area contributed by atoms with Gasteiger partial charge in [0.15, 0.2) is 0 Å². The van der Waals surface area contributed by atoms with Crippen molar-refractivity contribution in [3.8, 4) is 0 Å². The number of carbonyl (C=O) groups is 1. The maximum atomic E-state index is 11.7. The number of carbonyl (C=O) groups excluding carboxylic acids is 1. The summed E-state index contributed by atoms with van der Waals surface area (Å²) >= 11 is 0. The van der Waals surface area contributed by atoms with Gasteiger partial charge in [0, 0.05) is 12.1 Å². The molecule has 1 aromatic rings. The molecule has 5 nitrogen and oxygen atoms in total. The Morgan fingerprint density at radius 1 is 1.38 bits per heavy atom. The summed E-state index contributed by atoms with van der Waals surface area (Å²) in [5, 5.41) is 9.88. The van der Waals surface area contributed by atoms with Crippen LogP contribution in [-0.2, 0) is 4.74 Å². The van der Waals surface area contributed by atoms with Gasteiger partial charge in [-0.15, -0.1) is 0 Å². The summed E-state index contributed by atoms with van der Waals surface area (Å²) in [4.78, 5) is 14.1. The van der Waals surface area contributed by atoms with Crippen LogP contribution < -0.4 is 10.6 Å². The molecule has 0 aliphatic carbocycles. The molecule has 1 aromatic carbocycles. The molecule has 2 atom stereocenters. The van der Waals surface area contributed by atoms with Crippen LogP contribution in [0.5, 0.6) is 0 Å². The first-order valence-corrected chi connectivity index (χ1v) is 7.63. The van der Waals surface area contributed by atoms with Crippen molar-refractivity contribution in [2.75, 3.05) is 17.2 Å². The van der Waals surface area contributed by atoms with Crippen molar-refractivity contribution < 1.29 is 14.6 Å². The van der Waals surface area contributed by atoms with E-state index in [-0.39, 0.29) is 12.1 Å². The SMILES string of the molecule is CCOC(=O)c1ccc(N2C3CCC2CC(O)C3)c(N)c1. The van der Waals surface area contributed by atoms with E-state index in [2.05, 4.69) is 4.90 Å². The normalized spacial score (nSPS) is 27.7. The molecule has 0 radical (unpaired) electrons. The number of hydrogen-bond donors (Lipinski definition) is 2. The van der Waals surface area contributed by atoms with Crippen molar-refractivity contribution >= 4 is 17.3 Å². The second-order valence-electron chi connectivity index (χ2n) is 5.91. The van der Waals surface area contributed by atoms with Crippen molar-refractivity contribution in [2.45, 2.75) is 50.8 Å². The first kappa shape index (κ1) is 14.2.